The number of benzene rings is 3. The highest BCUT2D eigenvalue weighted by Crippen LogP contribution is 2.35. The summed E-state index contributed by atoms with van der Waals surface area (Å²) in [5, 5.41) is 2.44. The van der Waals surface area contributed by atoms with Crippen molar-refractivity contribution in [3.05, 3.63) is 89.4 Å². The Hall–Kier alpha value is -3.14. The van der Waals surface area contributed by atoms with E-state index in [9.17, 15) is 18.0 Å². The summed E-state index contributed by atoms with van der Waals surface area (Å²) < 4.78 is 30.1. The van der Waals surface area contributed by atoms with Gasteiger partial charge in [0.15, 0.2) is 5.17 Å². The Kier molecular flexibility index (Phi) is 7.59. The molecule has 0 aromatic heterocycles. The predicted octanol–water partition coefficient (Wildman–Crippen LogP) is 5.12. The van der Waals surface area contributed by atoms with Crippen LogP contribution in [0.5, 0.6) is 0 Å². The first-order valence-corrected chi connectivity index (χ1v) is 13.5. The summed E-state index contributed by atoms with van der Waals surface area (Å²) in [5.41, 5.74) is 2.02. The monoisotopic (exact) mass is 527 g/mol. The fourth-order valence-electron chi connectivity index (χ4n) is 3.44. The molecule has 0 spiro atoms. The zero-order valence-corrected chi connectivity index (χ0v) is 21.1. The van der Waals surface area contributed by atoms with Gasteiger partial charge in [0.1, 0.15) is 5.25 Å². The molecular formula is C25H22ClN3O4S2. The second-order valence-electron chi connectivity index (χ2n) is 7.72. The van der Waals surface area contributed by atoms with Crippen LogP contribution in [-0.2, 0) is 26.0 Å². The number of aryl methyl sites for hydroxylation is 1. The van der Waals surface area contributed by atoms with Crippen molar-refractivity contribution in [1.29, 1.82) is 0 Å². The van der Waals surface area contributed by atoms with Crippen LogP contribution in [0.1, 0.15) is 18.9 Å². The number of halogens is 1. The molecule has 4 rings (SSSR count). The fourth-order valence-corrected chi connectivity index (χ4v) is 5.90. The second-order valence-corrected chi connectivity index (χ2v) is 10.9. The maximum absolute atomic E-state index is 13.3. The van der Waals surface area contributed by atoms with E-state index in [-0.39, 0.29) is 22.4 Å². The van der Waals surface area contributed by atoms with Crippen molar-refractivity contribution >= 4 is 61.7 Å². The number of amides is 2. The lowest BCUT2D eigenvalue weighted by Gasteiger charge is -2.16. The van der Waals surface area contributed by atoms with Crippen LogP contribution in [0.4, 0.5) is 11.4 Å². The Balaban J connectivity index is 1.61. The minimum absolute atomic E-state index is 0.00469. The SMILES string of the molecule is CCc1ccc(S(=O)(=O)N=C2S[C@H](CC(=O)Nc3ccc(Cl)cc3)C(=O)N2c2ccccc2)cc1. The zero-order chi connectivity index (χ0) is 25.0. The predicted molar refractivity (Wildman–Crippen MR) is 140 cm³/mol. The van der Waals surface area contributed by atoms with Gasteiger partial charge >= 0.3 is 0 Å². The van der Waals surface area contributed by atoms with Gasteiger partial charge in [0, 0.05) is 17.1 Å². The van der Waals surface area contributed by atoms with Crippen LogP contribution in [0.2, 0.25) is 5.02 Å². The molecule has 1 saturated heterocycles. The van der Waals surface area contributed by atoms with Gasteiger partial charge in [-0.15, -0.1) is 4.40 Å². The lowest BCUT2D eigenvalue weighted by molar-refractivity contribution is -0.121. The molecule has 0 saturated carbocycles. The first-order valence-electron chi connectivity index (χ1n) is 10.8. The van der Waals surface area contributed by atoms with Crippen molar-refractivity contribution in [2.75, 3.05) is 10.2 Å². The quantitative estimate of drug-likeness (QED) is 0.460. The molecule has 1 atom stereocenters. The van der Waals surface area contributed by atoms with Crippen molar-refractivity contribution in [3.63, 3.8) is 0 Å². The molecule has 0 bridgehead atoms. The Labute approximate surface area is 213 Å². The van der Waals surface area contributed by atoms with E-state index in [4.69, 9.17) is 11.6 Å². The minimum atomic E-state index is -4.08. The lowest BCUT2D eigenvalue weighted by Crippen LogP contribution is -2.33. The molecule has 3 aromatic rings. The first kappa shape index (κ1) is 25.0. The highest BCUT2D eigenvalue weighted by Gasteiger charge is 2.41. The summed E-state index contributed by atoms with van der Waals surface area (Å²) in [6.45, 7) is 1.98. The van der Waals surface area contributed by atoms with Gasteiger partial charge in [0.05, 0.1) is 10.6 Å². The minimum Gasteiger partial charge on any atom is -0.326 e. The van der Waals surface area contributed by atoms with Gasteiger partial charge in [-0.25, -0.2) is 0 Å². The van der Waals surface area contributed by atoms with E-state index in [1.807, 2.05) is 6.92 Å². The molecule has 7 nitrogen and oxygen atoms in total. The smallest absolute Gasteiger partial charge is 0.284 e. The Bertz CT molecular complexity index is 1360. The van der Waals surface area contributed by atoms with E-state index in [1.165, 1.54) is 17.0 Å². The van der Waals surface area contributed by atoms with Gasteiger partial charge in [0.2, 0.25) is 11.8 Å². The summed E-state index contributed by atoms with van der Waals surface area (Å²) in [5.74, 6) is -0.798. The van der Waals surface area contributed by atoms with E-state index < -0.39 is 21.2 Å². The van der Waals surface area contributed by atoms with E-state index >= 15 is 0 Å². The van der Waals surface area contributed by atoms with Crippen molar-refractivity contribution < 1.29 is 18.0 Å². The highest BCUT2D eigenvalue weighted by molar-refractivity contribution is 8.16. The molecule has 180 valence electrons. The highest BCUT2D eigenvalue weighted by atomic mass is 35.5. The number of nitrogens with zero attached hydrogens (tertiary/aromatic N) is 2. The number of para-hydroxylation sites is 1. The summed E-state index contributed by atoms with van der Waals surface area (Å²) >= 11 is 6.84. The van der Waals surface area contributed by atoms with Crippen molar-refractivity contribution in [1.82, 2.24) is 0 Å². The Morgan fingerprint density at radius 3 is 2.31 bits per heavy atom. The standard InChI is InChI=1S/C25H22ClN3O4S2/c1-2-17-8-14-21(15-9-17)35(32,33)28-25-29(20-6-4-3-5-7-20)24(31)22(34-25)16-23(30)27-19-12-10-18(26)11-13-19/h3-15,22H,2,16H2,1H3,(H,27,30)/t22-/m1/s1. The molecule has 0 radical (unpaired) electrons. The summed E-state index contributed by atoms with van der Waals surface area (Å²) in [6, 6.07) is 21.7. The number of nitrogens with one attached hydrogen (secondary N) is 1. The number of carbonyl (C=O) groups is 2. The lowest BCUT2D eigenvalue weighted by atomic mass is 10.2. The first-order chi connectivity index (χ1) is 16.8. The Morgan fingerprint density at radius 1 is 1.03 bits per heavy atom. The third-order valence-corrected chi connectivity index (χ3v) is 8.06. The van der Waals surface area contributed by atoms with Gasteiger partial charge < -0.3 is 5.32 Å². The normalized spacial score (nSPS) is 17.1. The number of amidine groups is 1. The fraction of sp³-hybridized carbons (Fsp3) is 0.160. The van der Waals surface area contributed by atoms with E-state index in [2.05, 4.69) is 9.71 Å². The number of rotatable bonds is 7. The third kappa shape index (κ3) is 5.93. The molecule has 1 N–H and O–H groups in total. The topological polar surface area (TPSA) is 95.9 Å². The van der Waals surface area contributed by atoms with Crippen LogP contribution >= 0.6 is 23.4 Å². The van der Waals surface area contributed by atoms with Gasteiger partial charge in [-0.2, -0.15) is 8.42 Å². The molecule has 2 amide bonds. The third-order valence-electron chi connectivity index (χ3n) is 5.28. The van der Waals surface area contributed by atoms with Crippen LogP contribution in [0, 0.1) is 0 Å². The van der Waals surface area contributed by atoms with Crippen LogP contribution in [0.15, 0.2) is 88.2 Å². The largest absolute Gasteiger partial charge is 0.326 e. The summed E-state index contributed by atoms with van der Waals surface area (Å²) in [4.78, 5) is 27.2. The molecule has 10 heteroatoms. The molecule has 1 fully saturated rings. The maximum atomic E-state index is 13.3. The average molecular weight is 528 g/mol. The maximum Gasteiger partial charge on any atom is 0.284 e. The van der Waals surface area contributed by atoms with Gasteiger partial charge in [-0.05, 0) is 60.5 Å². The molecule has 1 aliphatic heterocycles. The molecule has 0 aliphatic carbocycles. The number of thioether (sulfide) groups is 1. The van der Waals surface area contributed by atoms with Crippen molar-refractivity contribution in [2.45, 2.75) is 29.9 Å². The number of hydrogen-bond acceptors (Lipinski definition) is 5. The molecule has 1 heterocycles. The molecule has 3 aromatic carbocycles. The summed E-state index contributed by atoms with van der Waals surface area (Å²) in [6.07, 6.45) is 0.625. The molecule has 35 heavy (non-hydrogen) atoms. The van der Waals surface area contributed by atoms with E-state index in [0.717, 1.165) is 23.7 Å². The zero-order valence-electron chi connectivity index (χ0n) is 18.7. The van der Waals surface area contributed by atoms with E-state index in [1.54, 1.807) is 66.7 Å². The average Bonchev–Trinajstić information content (AvgIpc) is 3.14. The molecular weight excluding hydrogens is 506 g/mol. The number of anilines is 2. The van der Waals surface area contributed by atoms with Gasteiger partial charge in [-0.1, -0.05) is 60.6 Å². The number of carbonyl (C=O) groups excluding carboxylic acids is 2. The van der Waals surface area contributed by atoms with Gasteiger partial charge in [-0.3, -0.25) is 14.5 Å². The van der Waals surface area contributed by atoms with Crippen molar-refractivity contribution in [2.24, 2.45) is 4.40 Å². The van der Waals surface area contributed by atoms with Gasteiger partial charge in [0.25, 0.3) is 10.0 Å². The second kappa shape index (κ2) is 10.6. The van der Waals surface area contributed by atoms with Crippen molar-refractivity contribution in [3.8, 4) is 0 Å². The van der Waals surface area contributed by atoms with Crippen LogP contribution in [-0.4, -0.2) is 30.6 Å². The summed E-state index contributed by atoms with van der Waals surface area (Å²) in [7, 11) is -4.08. The van der Waals surface area contributed by atoms with Crippen LogP contribution in [0.3, 0.4) is 0 Å². The molecule has 1 aliphatic rings. The van der Waals surface area contributed by atoms with Crippen LogP contribution < -0.4 is 10.2 Å². The Morgan fingerprint density at radius 2 is 1.69 bits per heavy atom. The number of hydrogen-bond donors (Lipinski definition) is 1. The molecule has 0 unspecified atom stereocenters. The number of sulfonamides is 1. The van der Waals surface area contributed by atoms with E-state index in [0.29, 0.717) is 16.4 Å². The van der Waals surface area contributed by atoms with Crippen LogP contribution in [0.25, 0.3) is 0 Å².